The number of thioether (sulfide) groups is 1. The summed E-state index contributed by atoms with van der Waals surface area (Å²) in [5.74, 6) is -2.21. The van der Waals surface area contributed by atoms with Crippen LogP contribution in [0.3, 0.4) is 0 Å². The van der Waals surface area contributed by atoms with Crippen molar-refractivity contribution < 1.29 is 27.2 Å². The third kappa shape index (κ3) is 5.54. The molecule has 0 spiro atoms. The molecule has 0 radical (unpaired) electrons. The first-order chi connectivity index (χ1) is 17.1. The maximum atomic E-state index is 13.3. The van der Waals surface area contributed by atoms with Crippen molar-refractivity contribution in [2.75, 3.05) is 5.75 Å². The van der Waals surface area contributed by atoms with Crippen molar-refractivity contribution in [3.05, 3.63) is 100 Å². The molecule has 2 amide bonds. The molecule has 0 unspecified atom stereocenters. The molecule has 0 saturated carbocycles. The van der Waals surface area contributed by atoms with E-state index in [1.165, 1.54) is 30.3 Å². The number of nitrogens with one attached hydrogen (secondary N) is 2. The zero-order valence-corrected chi connectivity index (χ0v) is 19.0. The number of benzene rings is 3. The van der Waals surface area contributed by atoms with Gasteiger partial charge in [-0.1, -0.05) is 30.0 Å². The van der Waals surface area contributed by atoms with Crippen LogP contribution in [0.1, 0.15) is 15.9 Å². The highest BCUT2D eigenvalue weighted by Crippen LogP contribution is 2.31. The molecule has 3 aromatic carbocycles. The predicted molar refractivity (Wildman–Crippen MR) is 125 cm³/mol. The van der Waals surface area contributed by atoms with Crippen LogP contribution in [0, 0.1) is 5.82 Å². The first-order valence-electron chi connectivity index (χ1n) is 10.3. The highest BCUT2D eigenvalue weighted by Gasteiger charge is 2.31. The molecule has 0 aliphatic carbocycles. The van der Waals surface area contributed by atoms with Gasteiger partial charge < -0.3 is 0 Å². The SMILES string of the molecule is O=C(CSc1nc2ccccc2c(=O)n1-c1cccc(C(F)(F)F)c1)NNC(=O)c1ccc(F)cc1. The Kier molecular flexibility index (Phi) is 7.06. The second-order valence-electron chi connectivity index (χ2n) is 7.40. The molecule has 7 nitrogen and oxygen atoms in total. The zero-order chi connectivity index (χ0) is 25.9. The Labute approximate surface area is 205 Å². The van der Waals surface area contributed by atoms with Gasteiger partial charge in [0.25, 0.3) is 11.5 Å². The zero-order valence-electron chi connectivity index (χ0n) is 18.2. The van der Waals surface area contributed by atoms with Crippen LogP contribution in [-0.4, -0.2) is 27.1 Å². The number of nitrogens with zero attached hydrogens (tertiary/aromatic N) is 2. The van der Waals surface area contributed by atoms with Gasteiger partial charge in [-0.2, -0.15) is 13.2 Å². The van der Waals surface area contributed by atoms with Crippen LogP contribution in [0.15, 0.2) is 82.7 Å². The predicted octanol–water partition coefficient (Wildman–Crippen LogP) is 4.10. The van der Waals surface area contributed by atoms with Gasteiger partial charge in [-0.15, -0.1) is 0 Å². The van der Waals surface area contributed by atoms with Crippen LogP contribution < -0.4 is 16.4 Å². The summed E-state index contributed by atoms with van der Waals surface area (Å²) >= 11 is 0.799. The number of halogens is 4. The number of rotatable bonds is 5. The summed E-state index contributed by atoms with van der Waals surface area (Å²) in [6.07, 6.45) is -4.63. The van der Waals surface area contributed by atoms with E-state index < -0.39 is 34.9 Å². The lowest BCUT2D eigenvalue weighted by Crippen LogP contribution is -2.42. The maximum Gasteiger partial charge on any atom is 0.416 e. The summed E-state index contributed by atoms with van der Waals surface area (Å²) in [6, 6.07) is 15.2. The summed E-state index contributed by atoms with van der Waals surface area (Å²) < 4.78 is 53.8. The summed E-state index contributed by atoms with van der Waals surface area (Å²) in [4.78, 5) is 42.0. The molecule has 36 heavy (non-hydrogen) atoms. The van der Waals surface area contributed by atoms with E-state index in [9.17, 15) is 31.9 Å². The largest absolute Gasteiger partial charge is 0.416 e. The van der Waals surface area contributed by atoms with Crippen LogP contribution in [0.2, 0.25) is 0 Å². The Hall–Kier alpha value is -4.19. The van der Waals surface area contributed by atoms with E-state index in [4.69, 9.17) is 0 Å². The molecule has 0 aliphatic heterocycles. The van der Waals surface area contributed by atoms with Gasteiger partial charge in [0.15, 0.2) is 5.16 Å². The standard InChI is InChI=1S/C24H16F4N4O3S/c25-16-10-8-14(9-11-16)21(34)31-30-20(33)13-36-23-29-19-7-2-1-6-18(19)22(35)32(23)17-5-3-4-15(12-17)24(26,27)28/h1-12H,13H2,(H,30,33)(H,31,34). The molecule has 0 saturated heterocycles. The van der Waals surface area contributed by atoms with Crippen molar-refractivity contribution in [1.29, 1.82) is 0 Å². The number of hydrazine groups is 1. The van der Waals surface area contributed by atoms with E-state index in [2.05, 4.69) is 15.8 Å². The normalized spacial score (nSPS) is 11.3. The summed E-state index contributed by atoms with van der Waals surface area (Å²) in [6.45, 7) is 0. The molecule has 1 heterocycles. The fourth-order valence-corrected chi connectivity index (χ4v) is 4.04. The van der Waals surface area contributed by atoms with Gasteiger partial charge in [-0.3, -0.25) is 29.8 Å². The second kappa shape index (κ2) is 10.2. The molecule has 0 atom stereocenters. The Morgan fingerprint density at radius 1 is 0.944 bits per heavy atom. The molecule has 184 valence electrons. The van der Waals surface area contributed by atoms with E-state index in [1.54, 1.807) is 18.2 Å². The minimum absolute atomic E-state index is 0.0157. The average molecular weight is 516 g/mol. The number of carbonyl (C=O) groups excluding carboxylic acids is 2. The van der Waals surface area contributed by atoms with E-state index in [0.29, 0.717) is 5.52 Å². The van der Waals surface area contributed by atoms with Crippen LogP contribution in [-0.2, 0) is 11.0 Å². The first kappa shape index (κ1) is 24.9. The monoisotopic (exact) mass is 516 g/mol. The van der Waals surface area contributed by atoms with Crippen LogP contribution in [0.25, 0.3) is 16.6 Å². The summed E-state index contributed by atoms with van der Waals surface area (Å²) in [7, 11) is 0. The molecule has 1 aromatic heterocycles. The number of amides is 2. The summed E-state index contributed by atoms with van der Waals surface area (Å²) in [5, 5.41) is 0.174. The van der Waals surface area contributed by atoms with Gasteiger partial charge in [0.05, 0.1) is 27.9 Å². The van der Waals surface area contributed by atoms with E-state index in [0.717, 1.165) is 40.6 Å². The van der Waals surface area contributed by atoms with Crippen molar-refractivity contribution in [3.8, 4) is 5.69 Å². The number of para-hydroxylation sites is 1. The highest BCUT2D eigenvalue weighted by atomic mass is 32.2. The highest BCUT2D eigenvalue weighted by molar-refractivity contribution is 7.99. The lowest BCUT2D eigenvalue weighted by atomic mass is 10.2. The van der Waals surface area contributed by atoms with Gasteiger partial charge >= 0.3 is 6.18 Å². The minimum atomic E-state index is -4.63. The Balaban J connectivity index is 1.58. The third-order valence-corrected chi connectivity index (χ3v) is 5.87. The number of hydrogen-bond acceptors (Lipinski definition) is 5. The Bertz CT molecular complexity index is 1500. The number of hydrogen-bond donors (Lipinski definition) is 2. The van der Waals surface area contributed by atoms with Crippen molar-refractivity contribution in [2.45, 2.75) is 11.3 Å². The lowest BCUT2D eigenvalue weighted by Gasteiger charge is -2.15. The number of carbonyl (C=O) groups is 2. The molecular formula is C24H16F4N4O3S. The smallest absolute Gasteiger partial charge is 0.272 e. The summed E-state index contributed by atoms with van der Waals surface area (Å²) in [5.41, 5.74) is 3.16. The quantitative estimate of drug-likeness (QED) is 0.180. The van der Waals surface area contributed by atoms with Crippen molar-refractivity contribution in [1.82, 2.24) is 20.4 Å². The number of aromatic nitrogens is 2. The van der Waals surface area contributed by atoms with Gasteiger partial charge in [-0.25, -0.2) is 9.37 Å². The Morgan fingerprint density at radius 2 is 1.67 bits per heavy atom. The fraction of sp³-hybridized carbons (Fsp3) is 0.0833. The van der Waals surface area contributed by atoms with Gasteiger partial charge in [0.2, 0.25) is 5.91 Å². The van der Waals surface area contributed by atoms with Crippen LogP contribution in [0.5, 0.6) is 0 Å². The van der Waals surface area contributed by atoms with Crippen molar-refractivity contribution in [2.24, 2.45) is 0 Å². The molecule has 0 fully saturated rings. The average Bonchev–Trinajstić information content (AvgIpc) is 2.86. The van der Waals surface area contributed by atoms with Crippen LogP contribution in [0.4, 0.5) is 17.6 Å². The second-order valence-corrected chi connectivity index (χ2v) is 8.34. The first-order valence-corrected chi connectivity index (χ1v) is 11.3. The topological polar surface area (TPSA) is 93.1 Å². The van der Waals surface area contributed by atoms with Crippen molar-refractivity contribution in [3.63, 3.8) is 0 Å². The van der Waals surface area contributed by atoms with Crippen molar-refractivity contribution >= 4 is 34.5 Å². The van der Waals surface area contributed by atoms with E-state index >= 15 is 0 Å². The molecule has 4 rings (SSSR count). The van der Waals surface area contributed by atoms with E-state index in [-0.39, 0.29) is 27.5 Å². The maximum absolute atomic E-state index is 13.3. The third-order valence-electron chi connectivity index (χ3n) is 4.93. The molecule has 0 aliphatic rings. The molecule has 4 aromatic rings. The molecular weight excluding hydrogens is 500 g/mol. The van der Waals surface area contributed by atoms with E-state index in [1.807, 2.05) is 0 Å². The van der Waals surface area contributed by atoms with Gasteiger partial charge in [0, 0.05) is 5.56 Å². The van der Waals surface area contributed by atoms with Crippen LogP contribution >= 0.6 is 11.8 Å². The number of alkyl halides is 3. The van der Waals surface area contributed by atoms with Gasteiger partial charge in [0.1, 0.15) is 5.82 Å². The minimum Gasteiger partial charge on any atom is -0.272 e. The number of fused-ring (bicyclic) bond motifs is 1. The van der Waals surface area contributed by atoms with Gasteiger partial charge in [-0.05, 0) is 54.6 Å². The lowest BCUT2D eigenvalue weighted by molar-refractivity contribution is -0.137. The molecule has 0 bridgehead atoms. The Morgan fingerprint density at radius 3 is 2.39 bits per heavy atom. The fourth-order valence-electron chi connectivity index (χ4n) is 3.22. The molecule has 12 heteroatoms. The molecule has 2 N–H and O–H groups in total.